The van der Waals surface area contributed by atoms with Crippen LogP contribution in [0.15, 0.2) is 30.3 Å². The SMILES string of the molecule is Oc1c(Cl)cc(Cl)cc1CNc1ccc2c(c1)CCC2. The number of benzene rings is 2. The van der Waals surface area contributed by atoms with Crippen LogP contribution < -0.4 is 5.32 Å². The maximum Gasteiger partial charge on any atom is 0.139 e. The van der Waals surface area contributed by atoms with Gasteiger partial charge in [0.25, 0.3) is 0 Å². The molecule has 2 N–H and O–H groups in total. The van der Waals surface area contributed by atoms with Gasteiger partial charge >= 0.3 is 0 Å². The molecule has 2 aromatic carbocycles. The fourth-order valence-electron chi connectivity index (χ4n) is 2.63. The number of halogens is 2. The lowest BCUT2D eigenvalue weighted by atomic mass is 10.1. The third kappa shape index (κ3) is 2.72. The van der Waals surface area contributed by atoms with Crippen molar-refractivity contribution in [2.24, 2.45) is 0 Å². The number of hydrogen-bond donors (Lipinski definition) is 2. The lowest BCUT2D eigenvalue weighted by Gasteiger charge is -2.11. The van der Waals surface area contributed by atoms with E-state index in [2.05, 4.69) is 23.5 Å². The average Bonchev–Trinajstić information content (AvgIpc) is 2.88. The molecule has 3 rings (SSSR count). The lowest BCUT2D eigenvalue weighted by molar-refractivity contribution is 0.469. The van der Waals surface area contributed by atoms with Crippen molar-refractivity contribution in [3.8, 4) is 5.75 Å². The first-order valence-corrected chi connectivity index (χ1v) is 7.41. The van der Waals surface area contributed by atoms with Crippen molar-refractivity contribution in [3.05, 3.63) is 57.1 Å². The zero-order valence-electron chi connectivity index (χ0n) is 10.9. The fourth-order valence-corrected chi connectivity index (χ4v) is 3.17. The highest BCUT2D eigenvalue weighted by molar-refractivity contribution is 6.35. The number of phenolic OH excluding ortho intramolecular Hbond substituents is 1. The first-order chi connectivity index (χ1) is 9.63. The second-order valence-corrected chi connectivity index (χ2v) is 5.93. The fraction of sp³-hybridized carbons (Fsp3) is 0.250. The standard InChI is InChI=1S/C16H15Cl2NO/c17-13-6-12(16(20)15(18)8-13)9-19-14-5-4-10-2-1-3-11(10)7-14/h4-8,19-20H,1-3,9H2. The van der Waals surface area contributed by atoms with Gasteiger partial charge in [-0.3, -0.25) is 0 Å². The molecule has 0 bridgehead atoms. The molecule has 4 heteroatoms. The highest BCUT2D eigenvalue weighted by Gasteiger charge is 2.11. The van der Waals surface area contributed by atoms with Crippen LogP contribution in [0.3, 0.4) is 0 Å². The Bertz CT molecular complexity index is 655. The molecule has 0 aliphatic heterocycles. The molecule has 20 heavy (non-hydrogen) atoms. The van der Waals surface area contributed by atoms with E-state index in [0.717, 1.165) is 12.1 Å². The summed E-state index contributed by atoms with van der Waals surface area (Å²) in [5.74, 6) is 0.0877. The topological polar surface area (TPSA) is 32.3 Å². The summed E-state index contributed by atoms with van der Waals surface area (Å²) in [4.78, 5) is 0. The van der Waals surface area contributed by atoms with Crippen LogP contribution in [0.5, 0.6) is 5.75 Å². The third-order valence-corrected chi connectivity index (χ3v) is 4.19. The van der Waals surface area contributed by atoms with E-state index in [-0.39, 0.29) is 10.8 Å². The summed E-state index contributed by atoms with van der Waals surface area (Å²) in [6.07, 6.45) is 3.57. The van der Waals surface area contributed by atoms with Gasteiger partial charge in [0.15, 0.2) is 0 Å². The molecule has 0 unspecified atom stereocenters. The number of nitrogens with one attached hydrogen (secondary N) is 1. The average molecular weight is 308 g/mol. The number of fused-ring (bicyclic) bond motifs is 1. The summed E-state index contributed by atoms with van der Waals surface area (Å²) in [6, 6.07) is 9.70. The first kappa shape index (κ1) is 13.6. The van der Waals surface area contributed by atoms with Gasteiger partial charge in [-0.05, 0) is 54.7 Å². The predicted molar refractivity (Wildman–Crippen MR) is 83.9 cm³/mol. The molecule has 0 amide bonds. The van der Waals surface area contributed by atoms with Crippen LogP contribution in [0.25, 0.3) is 0 Å². The van der Waals surface area contributed by atoms with E-state index >= 15 is 0 Å². The van der Waals surface area contributed by atoms with Gasteiger partial charge in [-0.2, -0.15) is 0 Å². The summed E-state index contributed by atoms with van der Waals surface area (Å²) in [7, 11) is 0. The largest absolute Gasteiger partial charge is 0.506 e. The summed E-state index contributed by atoms with van der Waals surface area (Å²) in [5, 5.41) is 14.0. The predicted octanol–water partition coefficient (Wildman–Crippen LogP) is 4.80. The van der Waals surface area contributed by atoms with Crippen LogP contribution in [0.1, 0.15) is 23.1 Å². The van der Waals surface area contributed by atoms with Crippen molar-refractivity contribution < 1.29 is 5.11 Å². The number of phenols is 1. The van der Waals surface area contributed by atoms with E-state index < -0.39 is 0 Å². The smallest absolute Gasteiger partial charge is 0.139 e. The van der Waals surface area contributed by atoms with E-state index in [4.69, 9.17) is 23.2 Å². The van der Waals surface area contributed by atoms with Crippen molar-refractivity contribution in [1.82, 2.24) is 0 Å². The number of rotatable bonds is 3. The number of aromatic hydroxyl groups is 1. The Balaban J connectivity index is 1.77. The van der Waals surface area contributed by atoms with Crippen LogP contribution in [-0.4, -0.2) is 5.11 Å². The summed E-state index contributed by atoms with van der Waals surface area (Å²) in [5.41, 5.74) is 4.62. The molecule has 1 aliphatic rings. The molecule has 0 fully saturated rings. The quantitative estimate of drug-likeness (QED) is 0.853. The first-order valence-electron chi connectivity index (χ1n) is 6.66. The van der Waals surface area contributed by atoms with Gasteiger partial charge in [0.2, 0.25) is 0 Å². The van der Waals surface area contributed by atoms with Crippen molar-refractivity contribution in [2.75, 3.05) is 5.32 Å². The van der Waals surface area contributed by atoms with Gasteiger partial charge in [-0.15, -0.1) is 0 Å². The Kier molecular flexibility index (Phi) is 3.77. The zero-order valence-corrected chi connectivity index (χ0v) is 12.4. The van der Waals surface area contributed by atoms with E-state index in [1.54, 1.807) is 6.07 Å². The monoisotopic (exact) mass is 307 g/mol. The molecule has 0 spiro atoms. The van der Waals surface area contributed by atoms with Crippen molar-refractivity contribution >= 4 is 28.9 Å². The van der Waals surface area contributed by atoms with E-state index in [1.807, 2.05) is 0 Å². The van der Waals surface area contributed by atoms with Crippen LogP contribution in [0.4, 0.5) is 5.69 Å². The molecule has 0 atom stereocenters. The van der Waals surface area contributed by atoms with E-state index in [9.17, 15) is 5.11 Å². The molecule has 104 valence electrons. The molecule has 0 saturated heterocycles. The molecule has 2 aromatic rings. The summed E-state index contributed by atoms with van der Waals surface area (Å²) in [6.45, 7) is 0.491. The molecule has 0 heterocycles. The Labute approximate surface area is 128 Å². The number of aryl methyl sites for hydroxylation is 2. The van der Waals surface area contributed by atoms with Crippen LogP contribution in [0, 0.1) is 0 Å². The van der Waals surface area contributed by atoms with Gasteiger partial charge < -0.3 is 10.4 Å². The normalized spacial score (nSPS) is 13.3. The highest BCUT2D eigenvalue weighted by Crippen LogP contribution is 2.32. The Morgan fingerprint density at radius 3 is 2.70 bits per heavy atom. The summed E-state index contributed by atoms with van der Waals surface area (Å²) < 4.78 is 0. The number of hydrogen-bond acceptors (Lipinski definition) is 2. The maximum atomic E-state index is 9.92. The second-order valence-electron chi connectivity index (χ2n) is 5.09. The summed E-state index contributed by atoms with van der Waals surface area (Å²) >= 11 is 11.9. The van der Waals surface area contributed by atoms with Gasteiger partial charge in [0.1, 0.15) is 5.75 Å². The van der Waals surface area contributed by atoms with Crippen LogP contribution >= 0.6 is 23.2 Å². The van der Waals surface area contributed by atoms with Crippen LogP contribution in [0.2, 0.25) is 10.0 Å². The van der Waals surface area contributed by atoms with Gasteiger partial charge in [-0.25, -0.2) is 0 Å². The zero-order chi connectivity index (χ0) is 14.1. The van der Waals surface area contributed by atoms with Crippen molar-refractivity contribution in [1.29, 1.82) is 0 Å². The van der Waals surface area contributed by atoms with Crippen molar-refractivity contribution in [2.45, 2.75) is 25.8 Å². The van der Waals surface area contributed by atoms with Gasteiger partial charge in [0, 0.05) is 22.8 Å². The minimum absolute atomic E-state index is 0.0877. The lowest BCUT2D eigenvalue weighted by Crippen LogP contribution is -2.00. The van der Waals surface area contributed by atoms with E-state index in [1.165, 1.54) is 30.0 Å². The van der Waals surface area contributed by atoms with Crippen molar-refractivity contribution in [3.63, 3.8) is 0 Å². The van der Waals surface area contributed by atoms with E-state index in [0.29, 0.717) is 17.1 Å². The molecule has 0 aromatic heterocycles. The number of anilines is 1. The molecular formula is C16H15Cl2NO. The molecule has 2 nitrogen and oxygen atoms in total. The highest BCUT2D eigenvalue weighted by atomic mass is 35.5. The Hall–Kier alpha value is -1.38. The maximum absolute atomic E-state index is 9.92. The molecule has 0 radical (unpaired) electrons. The molecule has 1 aliphatic carbocycles. The third-order valence-electron chi connectivity index (χ3n) is 3.69. The second kappa shape index (κ2) is 5.55. The Morgan fingerprint density at radius 2 is 1.85 bits per heavy atom. The van der Waals surface area contributed by atoms with Gasteiger partial charge in [0.05, 0.1) is 5.02 Å². The minimum Gasteiger partial charge on any atom is -0.506 e. The molecule has 0 saturated carbocycles. The molecular weight excluding hydrogens is 293 g/mol. The van der Waals surface area contributed by atoms with Crippen LogP contribution in [-0.2, 0) is 19.4 Å². The Morgan fingerprint density at radius 1 is 1.05 bits per heavy atom. The minimum atomic E-state index is 0.0877. The van der Waals surface area contributed by atoms with Gasteiger partial charge in [-0.1, -0.05) is 29.3 Å².